The SMILES string of the molecule is COc1ccc(Oc2c(C(F)(F)F)oc3cc(OC(=O)CC(C)(C)C)ccc3c2=O)cc1. The molecule has 32 heavy (non-hydrogen) atoms. The molecule has 0 fully saturated rings. The van der Waals surface area contributed by atoms with E-state index in [1.807, 2.05) is 20.8 Å². The summed E-state index contributed by atoms with van der Waals surface area (Å²) < 4.78 is 61.4. The Bertz CT molecular complexity index is 1190. The van der Waals surface area contributed by atoms with Gasteiger partial charge in [0, 0.05) is 6.07 Å². The second-order valence-electron chi connectivity index (χ2n) is 8.23. The number of methoxy groups -OCH3 is 1. The van der Waals surface area contributed by atoms with Crippen LogP contribution in [0.15, 0.2) is 51.7 Å². The number of fused-ring (bicyclic) bond motifs is 1. The first-order valence-corrected chi connectivity index (χ1v) is 9.58. The van der Waals surface area contributed by atoms with Gasteiger partial charge in [-0.15, -0.1) is 0 Å². The maximum absolute atomic E-state index is 13.7. The number of carbonyl (C=O) groups is 1. The van der Waals surface area contributed by atoms with E-state index in [0.29, 0.717) is 5.75 Å². The number of hydrogen-bond acceptors (Lipinski definition) is 6. The van der Waals surface area contributed by atoms with Gasteiger partial charge in [-0.05, 0) is 41.8 Å². The number of carbonyl (C=O) groups excluding carboxylic acids is 1. The third kappa shape index (κ3) is 5.40. The second-order valence-corrected chi connectivity index (χ2v) is 8.23. The standard InChI is InChI=1S/C23H21F3O6/c1-22(2,3)12-18(27)30-15-9-10-16-17(11-15)32-21(23(24,25)26)20(19(16)28)31-14-7-5-13(29-4)6-8-14/h5-11H,12H2,1-4H3. The summed E-state index contributed by atoms with van der Waals surface area (Å²) in [6.45, 7) is 5.52. The fourth-order valence-electron chi connectivity index (χ4n) is 2.86. The van der Waals surface area contributed by atoms with Crippen molar-refractivity contribution in [1.82, 2.24) is 0 Å². The van der Waals surface area contributed by atoms with Gasteiger partial charge in [0.05, 0.1) is 18.9 Å². The van der Waals surface area contributed by atoms with E-state index < -0.39 is 29.1 Å². The maximum atomic E-state index is 13.7. The number of alkyl halides is 3. The van der Waals surface area contributed by atoms with Crippen molar-refractivity contribution >= 4 is 16.9 Å². The average Bonchev–Trinajstić information content (AvgIpc) is 2.68. The van der Waals surface area contributed by atoms with E-state index >= 15 is 0 Å². The maximum Gasteiger partial charge on any atom is 0.453 e. The molecule has 0 aliphatic heterocycles. The highest BCUT2D eigenvalue weighted by Gasteiger charge is 2.40. The van der Waals surface area contributed by atoms with Crippen LogP contribution in [-0.2, 0) is 11.0 Å². The predicted molar refractivity (Wildman–Crippen MR) is 110 cm³/mol. The molecule has 0 aliphatic carbocycles. The van der Waals surface area contributed by atoms with Gasteiger partial charge in [0.2, 0.25) is 11.2 Å². The van der Waals surface area contributed by atoms with E-state index in [4.69, 9.17) is 18.6 Å². The highest BCUT2D eigenvalue weighted by atomic mass is 19.4. The van der Waals surface area contributed by atoms with Crippen molar-refractivity contribution in [3.05, 3.63) is 58.4 Å². The van der Waals surface area contributed by atoms with Crippen LogP contribution >= 0.6 is 0 Å². The molecule has 9 heteroatoms. The van der Waals surface area contributed by atoms with Gasteiger partial charge in [0.1, 0.15) is 22.8 Å². The van der Waals surface area contributed by atoms with Crippen LogP contribution in [0.1, 0.15) is 33.0 Å². The summed E-state index contributed by atoms with van der Waals surface area (Å²) in [7, 11) is 1.43. The zero-order valence-corrected chi connectivity index (χ0v) is 17.8. The first kappa shape index (κ1) is 23.2. The van der Waals surface area contributed by atoms with E-state index in [0.717, 1.165) is 6.07 Å². The lowest BCUT2D eigenvalue weighted by Gasteiger charge is -2.16. The van der Waals surface area contributed by atoms with Gasteiger partial charge in [0.25, 0.3) is 5.76 Å². The van der Waals surface area contributed by atoms with Crippen LogP contribution < -0.4 is 19.6 Å². The van der Waals surface area contributed by atoms with E-state index in [9.17, 15) is 22.8 Å². The van der Waals surface area contributed by atoms with Crippen LogP contribution in [0.5, 0.6) is 23.0 Å². The number of ether oxygens (including phenoxy) is 3. The molecule has 1 heterocycles. The molecule has 170 valence electrons. The Morgan fingerprint density at radius 2 is 1.56 bits per heavy atom. The lowest BCUT2D eigenvalue weighted by Crippen LogP contribution is -2.18. The highest BCUT2D eigenvalue weighted by molar-refractivity contribution is 5.81. The Morgan fingerprint density at radius 3 is 2.12 bits per heavy atom. The molecule has 6 nitrogen and oxygen atoms in total. The number of esters is 1. The summed E-state index contributed by atoms with van der Waals surface area (Å²) in [5, 5.41) is -0.155. The first-order valence-electron chi connectivity index (χ1n) is 9.58. The molecule has 0 aliphatic rings. The highest BCUT2D eigenvalue weighted by Crippen LogP contribution is 2.39. The van der Waals surface area contributed by atoms with Gasteiger partial charge in [0.15, 0.2) is 0 Å². The first-order chi connectivity index (χ1) is 14.9. The van der Waals surface area contributed by atoms with Gasteiger partial charge in [-0.2, -0.15) is 13.2 Å². The zero-order chi connectivity index (χ0) is 23.7. The number of rotatable bonds is 5. The molecule has 0 amide bonds. The Labute approximate surface area is 181 Å². The van der Waals surface area contributed by atoms with Crippen LogP contribution in [0.4, 0.5) is 13.2 Å². The van der Waals surface area contributed by atoms with E-state index in [1.54, 1.807) is 0 Å². The zero-order valence-electron chi connectivity index (χ0n) is 17.8. The lowest BCUT2D eigenvalue weighted by molar-refractivity contribution is -0.154. The Hall–Kier alpha value is -3.49. The smallest absolute Gasteiger partial charge is 0.453 e. The van der Waals surface area contributed by atoms with Crippen molar-refractivity contribution in [1.29, 1.82) is 0 Å². The molecule has 0 spiro atoms. The predicted octanol–water partition coefficient (Wildman–Crippen LogP) is 5.95. The largest absolute Gasteiger partial charge is 0.497 e. The lowest BCUT2D eigenvalue weighted by atomic mass is 9.92. The Kier molecular flexibility index (Phi) is 6.20. The molecule has 0 atom stereocenters. The number of hydrogen-bond donors (Lipinski definition) is 0. The molecule has 0 saturated carbocycles. The van der Waals surface area contributed by atoms with Crippen LogP contribution in [0.3, 0.4) is 0 Å². The minimum atomic E-state index is -5.01. The summed E-state index contributed by atoms with van der Waals surface area (Å²) >= 11 is 0. The van der Waals surface area contributed by atoms with Crippen molar-refractivity contribution in [3.8, 4) is 23.0 Å². The summed E-state index contributed by atoms with van der Waals surface area (Å²) in [5.74, 6) is -2.72. The van der Waals surface area contributed by atoms with Gasteiger partial charge in [-0.1, -0.05) is 20.8 Å². The molecule has 0 saturated heterocycles. The fraction of sp³-hybridized carbons (Fsp3) is 0.304. The molecule has 0 bridgehead atoms. The van der Waals surface area contributed by atoms with Crippen molar-refractivity contribution in [2.45, 2.75) is 33.4 Å². The Morgan fingerprint density at radius 1 is 0.969 bits per heavy atom. The molecule has 0 unspecified atom stereocenters. The van der Waals surface area contributed by atoms with Crippen molar-refractivity contribution in [2.75, 3.05) is 7.11 Å². The average molecular weight is 450 g/mol. The molecule has 2 aromatic carbocycles. The van der Waals surface area contributed by atoms with E-state index in [2.05, 4.69) is 0 Å². The van der Waals surface area contributed by atoms with Crippen LogP contribution in [0.25, 0.3) is 11.0 Å². The topological polar surface area (TPSA) is 75.0 Å². The summed E-state index contributed by atoms with van der Waals surface area (Å²) in [6, 6.07) is 9.28. The summed E-state index contributed by atoms with van der Waals surface area (Å²) in [5.41, 5.74) is -1.73. The number of halogens is 3. The minimum absolute atomic E-state index is 0.00400. The molecule has 0 N–H and O–H groups in total. The molecule has 3 rings (SSSR count). The molecule has 3 aromatic rings. The van der Waals surface area contributed by atoms with Crippen molar-refractivity contribution in [2.24, 2.45) is 5.41 Å². The van der Waals surface area contributed by atoms with Crippen LogP contribution in [-0.4, -0.2) is 13.1 Å². The molecular formula is C23H21F3O6. The fourth-order valence-corrected chi connectivity index (χ4v) is 2.86. The normalized spacial score (nSPS) is 12.0. The van der Waals surface area contributed by atoms with Gasteiger partial charge >= 0.3 is 12.1 Å². The van der Waals surface area contributed by atoms with Crippen LogP contribution in [0.2, 0.25) is 0 Å². The van der Waals surface area contributed by atoms with E-state index in [-0.39, 0.29) is 34.3 Å². The van der Waals surface area contributed by atoms with Crippen molar-refractivity contribution in [3.63, 3.8) is 0 Å². The monoisotopic (exact) mass is 450 g/mol. The second kappa shape index (κ2) is 8.57. The minimum Gasteiger partial charge on any atom is -0.497 e. The van der Waals surface area contributed by atoms with E-state index in [1.165, 1.54) is 43.5 Å². The van der Waals surface area contributed by atoms with Gasteiger partial charge < -0.3 is 18.6 Å². The molecule has 1 aromatic heterocycles. The third-order valence-electron chi connectivity index (χ3n) is 4.27. The van der Waals surface area contributed by atoms with Crippen LogP contribution in [0, 0.1) is 5.41 Å². The van der Waals surface area contributed by atoms with Gasteiger partial charge in [-0.3, -0.25) is 9.59 Å². The van der Waals surface area contributed by atoms with Crippen molar-refractivity contribution < 1.29 is 36.6 Å². The quantitative estimate of drug-likeness (QED) is 0.353. The summed E-state index contributed by atoms with van der Waals surface area (Å²) in [6.07, 6.45) is -4.91. The molecular weight excluding hydrogens is 429 g/mol. The van der Waals surface area contributed by atoms with Gasteiger partial charge in [-0.25, -0.2) is 0 Å². The third-order valence-corrected chi connectivity index (χ3v) is 4.27. The Balaban J connectivity index is 2.03. The summed E-state index contributed by atoms with van der Waals surface area (Å²) in [4.78, 5) is 24.9. The molecule has 0 radical (unpaired) electrons. The number of benzene rings is 2.